The number of hydrogen-bond acceptors (Lipinski definition) is 3. The standard InChI is InChI=1S/C13H15N3OS/c1-9-5-10(2)7-12(6-9)15-13(18)14-8-11-3-4-17-16-11/h3-7H,8H2,1-2H3,(H2,14,15,18). The highest BCUT2D eigenvalue weighted by molar-refractivity contribution is 7.80. The molecule has 0 spiro atoms. The van der Waals surface area contributed by atoms with Crippen molar-refractivity contribution >= 4 is 23.0 Å². The quantitative estimate of drug-likeness (QED) is 0.832. The normalized spacial score (nSPS) is 10.1. The Labute approximate surface area is 111 Å². The second kappa shape index (κ2) is 5.64. The molecule has 0 saturated carbocycles. The molecule has 4 nitrogen and oxygen atoms in total. The van der Waals surface area contributed by atoms with Crippen LogP contribution in [0.4, 0.5) is 5.69 Å². The van der Waals surface area contributed by atoms with Crippen molar-refractivity contribution in [1.29, 1.82) is 0 Å². The molecule has 1 heterocycles. The highest BCUT2D eigenvalue weighted by Gasteiger charge is 2.01. The van der Waals surface area contributed by atoms with E-state index in [2.05, 4.69) is 47.8 Å². The van der Waals surface area contributed by atoms with Gasteiger partial charge in [-0.2, -0.15) is 0 Å². The molecule has 18 heavy (non-hydrogen) atoms. The molecular weight excluding hydrogens is 246 g/mol. The number of hydrogen-bond donors (Lipinski definition) is 2. The minimum atomic E-state index is 0.549. The molecule has 0 atom stereocenters. The number of nitrogens with one attached hydrogen (secondary N) is 2. The lowest BCUT2D eigenvalue weighted by atomic mass is 10.1. The first-order chi connectivity index (χ1) is 8.63. The third kappa shape index (κ3) is 3.56. The van der Waals surface area contributed by atoms with Crippen LogP contribution in [0.1, 0.15) is 16.8 Å². The summed E-state index contributed by atoms with van der Waals surface area (Å²) >= 11 is 5.22. The summed E-state index contributed by atoms with van der Waals surface area (Å²) in [5.74, 6) is 0. The van der Waals surface area contributed by atoms with E-state index in [1.165, 1.54) is 17.4 Å². The van der Waals surface area contributed by atoms with Crippen LogP contribution < -0.4 is 10.6 Å². The summed E-state index contributed by atoms with van der Waals surface area (Å²) < 4.78 is 4.74. The SMILES string of the molecule is Cc1cc(C)cc(NC(=S)NCc2ccon2)c1. The molecule has 94 valence electrons. The maximum Gasteiger partial charge on any atom is 0.171 e. The van der Waals surface area contributed by atoms with Crippen LogP contribution in [0.3, 0.4) is 0 Å². The van der Waals surface area contributed by atoms with E-state index in [0.29, 0.717) is 11.7 Å². The summed E-state index contributed by atoms with van der Waals surface area (Å²) in [6.07, 6.45) is 1.54. The minimum absolute atomic E-state index is 0.549. The maximum atomic E-state index is 5.22. The molecule has 0 aliphatic rings. The number of rotatable bonds is 3. The van der Waals surface area contributed by atoms with Gasteiger partial charge in [0.25, 0.3) is 0 Å². The van der Waals surface area contributed by atoms with Gasteiger partial charge in [0.15, 0.2) is 5.11 Å². The van der Waals surface area contributed by atoms with Crippen LogP contribution in [-0.2, 0) is 6.54 Å². The van der Waals surface area contributed by atoms with Crippen LogP contribution in [0.2, 0.25) is 0 Å². The van der Waals surface area contributed by atoms with Crippen LogP contribution in [0.25, 0.3) is 0 Å². The minimum Gasteiger partial charge on any atom is -0.364 e. The Morgan fingerprint density at radius 3 is 2.61 bits per heavy atom. The zero-order valence-electron chi connectivity index (χ0n) is 10.4. The van der Waals surface area contributed by atoms with Gasteiger partial charge in [0, 0.05) is 11.8 Å². The number of benzene rings is 1. The molecule has 0 radical (unpaired) electrons. The molecule has 5 heteroatoms. The number of anilines is 1. The summed E-state index contributed by atoms with van der Waals surface area (Å²) in [5.41, 5.74) is 4.22. The molecule has 0 fully saturated rings. The lowest BCUT2D eigenvalue weighted by Crippen LogP contribution is -2.28. The Morgan fingerprint density at radius 2 is 2.00 bits per heavy atom. The Bertz CT molecular complexity index is 517. The van der Waals surface area contributed by atoms with Crippen molar-refractivity contribution in [3.8, 4) is 0 Å². The highest BCUT2D eigenvalue weighted by atomic mass is 32.1. The highest BCUT2D eigenvalue weighted by Crippen LogP contribution is 2.13. The summed E-state index contributed by atoms with van der Waals surface area (Å²) in [5, 5.41) is 10.6. The number of thiocarbonyl (C=S) groups is 1. The van der Waals surface area contributed by atoms with Crippen molar-refractivity contribution in [3.05, 3.63) is 47.3 Å². The summed E-state index contributed by atoms with van der Waals surface area (Å²) in [6.45, 7) is 4.67. The lowest BCUT2D eigenvalue weighted by molar-refractivity contribution is 0.411. The van der Waals surface area contributed by atoms with E-state index in [-0.39, 0.29) is 0 Å². The van der Waals surface area contributed by atoms with Gasteiger partial charge in [0.05, 0.1) is 6.54 Å². The van der Waals surface area contributed by atoms with Crippen molar-refractivity contribution < 1.29 is 4.52 Å². The second-order valence-corrected chi connectivity index (χ2v) is 4.58. The molecule has 2 N–H and O–H groups in total. The third-order valence-corrected chi connectivity index (χ3v) is 2.65. The van der Waals surface area contributed by atoms with Crippen LogP contribution in [0.5, 0.6) is 0 Å². The van der Waals surface area contributed by atoms with E-state index in [9.17, 15) is 0 Å². The van der Waals surface area contributed by atoms with Gasteiger partial charge >= 0.3 is 0 Å². The second-order valence-electron chi connectivity index (χ2n) is 4.17. The maximum absolute atomic E-state index is 5.22. The average molecular weight is 261 g/mol. The zero-order valence-corrected chi connectivity index (χ0v) is 11.2. The first kappa shape index (κ1) is 12.6. The van der Waals surface area contributed by atoms with E-state index in [1.807, 2.05) is 0 Å². The first-order valence-corrected chi connectivity index (χ1v) is 6.07. The fourth-order valence-electron chi connectivity index (χ4n) is 1.72. The molecule has 2 rings (SSSR count). The molecule has 0 aliphatic carbocycles. The van der Waals surface area contributed by atoms with Gasteiger partial charge in [-0.25, -0.2) is 0 Å². The molecule has 0 saturated heterocycles. The van der Waals surface area contributed by atoms with Gasteiger partial charge in [-0.15, -0.1) is 0 Å². The largest absolute Gasteiger partial charge is 0.364 e. The van der Waals surface area contributed by atoms with Crippen molar-refractivity contribution in [3.63, 3.8) is 0 Å². The molecule has 0 unspecified atom stereocenters. The van der Waals surface area contributed by atoms with E-state index < -0.39 is 0 Å². The molecule has 0 amide bonds. The molecule has 0 aliphatic heterocycles. The summed E-state index contributed by atoms with van der Waals surface area (Å²) in [7, 11) is 0. The molecule has 1 aromatic heterocycles. The van der Waals surface area contributed by atoms with E-state index >= 15 is 0 Å². The summed E-state index contributed by atoms with van der Waals surface area (Å²) in [4.78, 5) is 0. The topological polar surface area (TPSA) is 50.1 Å². The van der Waals surface area contributed by atoms with E-state index in [0.717, 1.165) is 11.4 Å². The number of aromatic nitrogens is 1. The van der Waals surface area contributed by atoms with Crippen LogP contribution in [0.15, 0.2) is 35.1 Å². The lowest BCUT2D eigenvalue weighted by Gasteiger charge is -2.10. The van der Waals surface area contributed by atoms with Crippen molar-refractivity contribution in [2.24, 2.45) is 0 Å². The Balaban J connectivity index is 1.90. The van der Waals surface area contributed by atoms with Gasteiger partial charge in [0.1, 0.15) is 12.0 Å². The third-order valence-electron chi connectivity index (χ3n) is 2.40. The van der Waals surface area contributed by atoms with Crippen molar-refractivity contribution in [2.75, 3.05) is 5.32 Å². The molecule has 0 bridgehead atoms. The van der Waals surface area contributed by atoms with Crippen molar-refractivity contribution in [2.45, 2.75) is 20.4 Å². The molecule has 2 aromatic rings. The van der Waals surface area contributed by atoms with Gasteiger partial charge in [0.2, 0.25) is 0 Å². The predicted molar refractivity (Wildman–Crippen MR) is 75.5 cm³/mol. The Kier molecular flexibility index (Phi) is 3.94. The van der Waals surface area contributed by atoms with Crippen molar-refractivity contribution in [1.82, 2.24) is 10.5 Å². The van der Waals surface area contributed by atoms with Gasteiger partial charge in [-0.1, -0.05) is 11.2 Å². The van der Waals surface area contributed by atoms with E-state index in [4.69, 9.17) is 16.7 Å². The average Bonchev–Trinajstić information content (AvgIpc) is 2.77. The monoisotopic (exact) mass is 261 g/mol. The first-order valence-electron chi connectivity index (χ1n) is 5.66. The van der Waals surface area contributed by atoms with Crippen LogP contribution in [-0.4, -0.2) is 10.3 Å². The van der Waals surface area contributed by atoms with Gasteiger partial charge in [-0.3, -0.25) is 0 Å². The van der Waals surface area contributed by atoms with E-state index in [1.54, 1.807) is 6.07 Å². The van der Waals surface area contributed by atoms with Gasteiger partial charge < -0.3 is 15.2 Å². The zero-order chi connectivity index (χ0) is 13.0. The number of aryl methyl sites for hydroxylation is 2. The fourth-order valence-corrected chi connectivity index (χ4v) is 1.91. The predicted octanol–water partition coefficient (Wildman–Crippen LogP) is 2.78. The number of nitrogens with zero attached hydrogens (tertiary/aromatic N) is 1. The Hall–Kier alpha value is -1.88. The Morgan fingerprint density at radius 1 is 1.28 bits per heavy atom. The molecule has 1 aromatic carbocycles. The molecular formula is C13H15N3OS. The summed E-state index contributed by atoms with van der Waals surface area (Å²) in [6, 6.07) is 8.03. The van der Waals surface area contributed by atoms with Crippen LogP contribution >= 0.6 is 12.2 Å². The van der Waals surface area contributed by atoms with Gasteiger partial charge in [-0.05, 0) is 49.3 Å². The van der Waals surface area contributed by atoms with Crippen LogP contribution in [0, 0.1) is 13.8 Å². The fraction of sp³-hybridized carbons (Fsp3) is 0.231. The smallest absolute Gasteiger partial charge is 0.171 e.